The van der Waals surface area contributed by atoms with Gasteiger partial charge in [0.15, 0.2) is 0 Å². The Morgan fingerprint density at radius 3 is 2.65 bits per heavy atom. The average molecular weight is 237 g/mol. The number of carbonyl (C=O) groups excluding carboxylic acids is 1. The summed E-state index contributed by atoms with van der Waals surface area (Å²) < 4.78 is 5.04. The van der Waals surface area contributed by atoms with Crippen molar-refractivity contribution in [1.29, 1.82) is 0 Å². The maximum Gasteiger partial charge on any atom is 0.325 e. The minimum atomic E-state index is -0.255. The predicted octanol–water partition coefficient (Wildman–Crippen LogP) is 2.54. The zero-order valence-electron chi connectivity index (χ0n) is 10.1. The highest BCUT2D eigenvalue weighted by molar-refractivity contribution is 5.74. The lowest BCUT2D eigenvalue weighted by Gasteiger charge is -2.07. The van der Waals surface area contributed by atoms with Gasteiger partial charge in [-0.2, -0.15) is 0 Å². The predicted molar refractivity (Wildman–Crippen MR) is 67.1 cm³/mol. The molecule has 2 N–H and O–H groups in total. The number of phenols is 1. The van der Waals surface area contributed by atoms with E-state index < -0.39 is 0 Å². The lowest BCUT2D eigenvalue weighted by atomic mass is 10.3. The quantitative estimate of drug-likeness (QED) is 0.434. The molecule has 0 bridgehead atoms. The van der Waals surface area contributed by atoms with Crippen molar-refractivity contribution in [2.45, 2.75) is 26.2 Å². The minimum Gasteiger partial charge on any atom is -0.508 e. The normalized spacial score (nSPS) is 9.94. The average Bonchev–Trinajstić information content (AvgIpc) is 2.34. The van der Waals surface area contributed by atoms with Crippen molar-refractivity contribution in [1.82, 2.24) is 0 Å². The maximum absolute atomic E-state index is 11.3. The Hall–Kier alpha value is -1.71. The molecule has 0 unspecified atom stereocenters. The molecule has 1 aromatic carbocycles. The van der Waals surface area contributed by atoms with Crippen LogP contribution in [0.25, 0.3) is 0 Å². The third-order valence-corrected chi connectivity index (χ3v) is 2.32. The lowest BCUT2D eigenvalue weighted by molar-refractivity contribution is -0.141. The summed E-state index contributed by atoms with van der Waals surface area (Å²) >= 11 is 0. The van der Waals surface area contributed by atoms with Crippen molar-refractivity contribution in [3.05, 3.63) is 24.3 Å². The summed E-state index contributed by atoms with van der Waals surface area (Å²) in [7, 11) is 0. The smallest absolute Gasteiger partial charge is 0.325 e. The summed E-state index contributed by atoms with van der Waals surface area (Å²) in [5.74, 6) is -0.0492. The second kappa shape index (κ2) is 7.54. The Labute approximate surface area is 102 Å². The van der Waals surface area contributed by atoms with E-state index in [2.05, 4.69) is 12.2 Å². The summed E-state index contributed by atoms with van der Waals surface area (Å²) in [5, 5.41) is 12.0. The van der Waals surface area contributed by atoms with Crippen LogP contribution in [-0.4, -0.2) is 24.2 Å². The second-order valence-electron chi connectivity index (χ2n) is 3.83. The van der Waals surface area contributed by atoms with Crippen molar-refractivity contribution < 1.29 is 14.6 Å². The third-order valence-electron chi connectivity index (χ3n) is 2.32. The number of phenolic OH excluding ortho intramolecular Hbond substituents is 1. The number of unbranched alkanes of at least 4 members (excludes halogenated alkanes) is 2. The molecule has 0 aliphatic heterocycles. The van der Waals surface area contributed by atoms with Gasteiger partial charge in [0.2, 0.25) is 0 Å². The van der Waals surface area contributed by atoms with Gasteiger partial charge in [-0.05, 0) is 30.7 Å². The van der Waals surface area contributed by atoms with E-state index in [1.165, 1.54) is 0 Å². The molecule has 0 heterocycles. The number of rotatable bonds is 7. The number of hydrogen-bond donors (Lipinski definition) is 2. The SMILES string of the molecule is CCCCCOC(=O)CNc1ccc(O)cc1. The summed E-state index contributed by atoms with van der Waals surface area (Å²) in [6.45, 7) is 2.75. The fourth-order valence-electron chi connectivity index (χ4n) is 1.34. The molecule has 0 amide bonds. The van der Waals surface area contributed by atoms with Crippen LogP contribution < -0.4 is 5.32 Å². The van der Waals surface area contributed by atoms with E-state index >= 15 is 0 Å². The Morgan fingerprint density at radius 1 is 1.29 bits per heavy atom. The molecule has 0 aromatic heterocycles. The highest BCUT2D eigenvalue weighted by atomic mass is 16.5. The minimum absolute atomic E-state index is 0.150. The van der Waals surface area contributed by atoms with E-state index in [-0.39, 0.29) is 18.3 Å². The van der Waals surface area contributed by atoms with Crippen LogP contribution in [0.5, 0.6) is 5.75 Å². The maximum atomic E-state index is 11.3. The molecule has 4 heteroatoms. The zero-order chi connectivity index (χ0) is 12.5. The molecule has 0 atom stereocenters. The van der Waals surface area contributed by atoms with Crippen LogP contribution in [0.2, 0.25) is 0 Å². The molecule has 1 aromatic rings. The fraction of sp³-hybridized carbons (Fsp3) is 0.462. The molecule has 0 fully saturated rings. The lowest BCUT2D eigenvalue weighted by Crippen LogP contribution is -2.17. The number of nitrogens with one attached hydrogen (secondary N) is 1. The number of ether oxygens (including phenoxy) is 1. The van der Waals surface area contributed by atoms with E-state index in [4.69, 9.17) is 9.84 Å². The van der Waals surface area contributed by atoms with Crippen molar-refractivity contribution in [2.75, 3.05) is 18.5 Å². The van der Waals surface area contributed by atoms with Gasteiger partial charge in [0.25, 0.3) is 0 Å². The van der Waals surface area contributed by atoms with Gasteiger partial charge < -0.3 is 15.2 Å². The van der Waals surface area contributed by atoms with Crippen molar-refractivity contribution in [2.24, 2.45) is 0 Å². The van der Waals surface area contributed by atoms with Crippen molar-refractivity contribution in [3.63, 3.8) is 0 Å². The van der Waals surface area contributed by atoms with E-state index in [1.807, 2.05) is 0 Å². The first-order valence-corrected chi connectivity index (χ1v) is 5.91. The third kappa shape index (κ3) is 5.80. The summed E-state index contributed by atoms with van der Waals surface area (Å²) in [5.41, 5.74) is 0.785. The summed E-state index contributed by atoms with van der Waals surface area (Å²) in [4.78, 5) is 11.3. The molecular formula is C13H19NO3. The first-order valence-electron chi connectivity index (χ1n) is 5.91. The van der Waals surface area contributed by atoms with Gasteiger partial charge in [-0.15, -0.1) is 0 Å². The molecular weight excluding hydrogens is 218 g/mol. The van der Waals surface area contributed by atoms with Crippen LogP contribution in [-0.2, 0) is 9.53 Å². The molecule has 0 saturated heterocycles. The van der Waals surface area contributed by atoms with Crippen LogP contribution >= 0.6 is 0 Å². The number of esters is 1. The Morgan fingerprint density at radius 2 is 2.00 bits per heavy atom. The van der Waals surface area contributed by atoms with E-state index in [0.717, 1.165) is 24.9 Å². The van der Waals surface area contributed by atoms with E-state index in [1.54, 1.807) is 24.3 Å². The van der Waals surface area contributed by atoms with Gasteiger partial charge >= 0.3 is 5.97 Å². The standard InChI is InChI=1S/C13H19NO3/c1-2-3-4-9-17-13(16)10-14-11-5-7-12(15)8-6-11/h5-8,14-15H,2-4,9-10H2,1H3. The van der Waals surface area contributed by atoms with Crippen LogP contribution in [0.3, 0.4) is 0 Å². The Bertz CT molecular complexity index is 335. The molecule has 0 radical (unpaired) electrons. The van der Waals surface area contributed by atoms with Crippen molar-refractivity contribution in [3.8, 4) is 5.75 Å². The molecule has 0 saturated carbocycles. The highest BCUT2D eigenvalue weighted by Gasteiger charge is 2.02. The molecule has 4 nitrogen and oxygen atoms in total. The largest absolute Gasteiger partial charge is 0.508 e. The first-order chi connectivity index (χ1) is 8.22. The van der Waals surface area contributed by atoms with Gasteiger partial charge in [0.05, 0.1) is 6.61 Å². The fourth-order valence-corrected chi connectivity index (χ4v) is 1.34. The van der Waals surface area contributed by atoms with Crippen LogP contribution in [0, 0.1) is 0 Å². The van der Waals surface area contributed by atoms with Gasteiger partial charge in [-0.1, -0.05) is 19.8 Å². The monoisotopic (exact) mass is 237 g/mol. The van der Waals surface area contributed by atoms with Crippen LogP contribution in [0.1, 0.15) is 26.2 Å². The highest BCUT2D eigenvalue weighted by Crippen LogP contribution is 2.13. The molecule has 0 spiro atoms. The second-order valence-corrected chi connectivity index (χ2v) is 3.83. The molecule has 17 heavy (non-hydrogen) atoms. The van der Waals surface area contributed by atoms with E-state index in [0.29, 0.717) is 6.61 Å². The van der Waals surface area contributed by atoms with E-state index in [9.17, 15) is 4.79 Å². The van der Waals surface area contributed by atoms with Crippen LogP contribution in [0.15, 0.2) is 24.3 Å². The first kappa shape index (κ1) is 13.4. The van der Waals surface area contributed by atoms with Gasteiger partial charge in [0, 0.05) is 5.69 Å². The number of aromatic hydroxyl groups is 1. The van der Waals surface area contributed by atoms with Gasteiger partial charge in [-0.3, -0.25) is 4.79 Å². The molecule has 94 valence electrons. The number of carbonyl (C=O) groups is 1. The topological polar surface area (TPSA) is 58.6 Å². The summed E-state index contributed by atoms with van der Waals surface area (Å²) in [6, 6.07) is 6.54. The number of anilines is 1. The molecule has 0 aliphatic rings. The molecule has 1 rings (SSSR count). The Balaban J connectivity index is 2.17. The molecule has 0 aliphatic carbocycles. The zero-order valence-corrected chi connectivity index (χ0v) is 10.1. The van der Waals surface area contributed by atoms with Gasteiger partial charge in [-0.25, -0.2) is 0 Å². The van der Waals surface area contributed by atoms with Crippen molar-refractivity contribution >= 4 is 11.7 Å². The van der Waals surface area contributed by atoms with Crippen LogP contribution in [0.4, 0.5) is 5.69 Å². The summed E-state index contributed by atoms with van der Waals surface area (Å²) in [6.07, 6.45) is 3.11. The number of benzene rings is 1. The number of hydrogen-bond acceptors (Lipinski definition) is 4. The Kier molecular flexibility index (Phi) is 5.93. The van der Waals surface area contributed by atoms with Gasteiger partial charge in [0.1, 0.15) is 12.3 Å².